The van der Waals surface area contributed by atoms with Gasteiger partial charge in [0.1, 0.15) is 35.3 Å². The highest BCUT2D eigenvalue weighted by atomic mass is 79.9. The molecule has 1 unspecified atom stereocenters. The third kappa shape index (κ3) is 5.48. The van der Waals surface area contributed by atoms with Crippen LogP contribution in [-0.4, -0.2) is 13.1 Å². The Kier molecular flexibility index (Phi) is 7.77. The van der Waals surface area contributed by atoms with E-state index >= 15 is 0 Å². The highest BCUT2D eigenvalue weighted by Gasteiger charge is 2.32. The molecule has 0 fully saturated rings. The maximum atomic E-state index is 13.1. The number of allylic oxidation sites excluding steroid dienone is 1. The summed E-state index contributed by atoms with van der Waals surface area (Å²) in [5, 5.41) is 10.8. The van der Waals surface area contributed by atoms with Crippen LogP contribution >= 0.6 is 15.9 Å². The van der Waals surface area contributed by atoms with Gasteiger partial charge in [0.25, 0.3) is 0 Å². The van der Waals surface area contributed by atoms with Gasteiger partial charge >= 0.3 is 5.97 Å². The van der Waals surface area contributed by atoms with Gasteiger partial charge in [0, 0.05) is 27.1 Å². The normalized spacial score (nSPS) is 14.0. The minimum atomic E-state index is -0.644. The molecule has 0 saturated carbocycles. The second-order valence-electron chi connectivity index (χ2n) is 10.4. The van der Waals surface area contributed by atoms with Crippen LogP contribution in [-0.2, 0) is 6.61 Å². The summed E-state index contributed by atoms with van der Waals surface area (Å²) in [5.41, 5.74) is 11.4. The summed E-state index contributed by atoms with van der Waals surface area (Å²) in [4.78, 5) is 13.1. The molecule has 0 bridgehead atoms. The number of ether oxygens (including phenoxy) is 4. The summed E-state index contributed by atoms with van der Waals surface area (Å²) in [6.45, 7) is 4.21. The largest absolute Gasteiger partial charge is 0.493 e. The lowest BCUT2D eigenvalue weighted by molar-refractivity contribution is 0.0702. The van der Waals surface area contributed by atoms with E-state index in [9.17, 15) is 10.1 Å². The van der Waals surface area contributed by atoms with E-state index in [0.717, 1.165) is 21.0 Å². The van der Waals surface area contributed by atoms with Gasteiger partial charge in [0.2, 0.25) is 11.6 Å². The Morgan fingerprint density at radius 1 is 1.00 bits per heavy atom. The van der Waals surface area contributed by atoms with Crippen LogP contribution < -0.4 is 24.7 Å². The average Bonchev–Trinajstić information content (AvgIpc) is 3.35. The number of nitrogens with two attached hydrogens (primary N) is 1. The van der Waals surface area contributed by atoms with E-state index in [1.807, 2.05) is 61.5 Å². The molecule has 0 saturated heterocycles. The zero-order chi connectivity index (χ0) is 31.0. The van der Waals surface area contributed by atoms with Crippen LogP contribution in [0.5, 0.6) is 23.0 Å². The third-order valence-corrected chi connectivity index (χ3v) is 8.01. The number of aryl methyl sites for hydroxylation is 2. The van der Waals surface area contributed by atoms with E-state index in [1.54, 1.807) is 38.3 Å². The standard InChI is InChI=1S/C35H27BrN2O6/c1-19-4-6-21(7-5-19)18-41-29-12-8-22(14-31(29)40-3)32-25-11-10-24(16-30(25)44-34(38)27(32)17-37)42-35(39)33-20(2)26-15-23(36)9-13-28(26)43-33/h4-16,32H,18,38H2,1-3H3. The molecular weight excluding hydrogens is 624 g/mol. The Bertz CT molecular complexity index is 1990. The molecule has 4 aromatic carbocycles. The number of rotatable bonds is 7. The number of esters is 1. The van der Waals surface area contributed by atoms with Gasteiger partial charge in [-0.3, -0.25) is 0 Å². The number of halogens is 1. The van der Waals surface area contributed by atoms with Crippen LogP contribution in [0.3, 0.4) is 0 Å². The Labute approximate surface area is 262 Å². The molecule has 220 valence electrons. The second kappa shape index (κ2) is 11.8. The predicted octanol–water partition coefficient (Wildman–Crippen LogP) is 7.84. The maximum absolute atomic E-state index is 13.1. The molecule has 0 radical (unpaired) electrons. The Morgan fingerprint density at radius 2 is 1.80 bits per heavy atom. The first-order valence-electron chi connectivity index (χ1n) is 13.7. The van der Waals surface area contributed by atoms with E-state index in [-0.39, 0.29) is 23.0 Å². The highest BCUT2D eigenvalue weighted by Crippen LogP contribution is 2.45. The minimum Gasteiger partial charge on any atom is -0.493 e. The number of carbonyl (C=O) groups is 1. The number of benzene rings is 4. The molecular formula is C35H27BrN2O6. The summed E-state index contributed by atoms with van der Waals surface area (Å²) >= 11 is 3.45. The first-order chi connectivity index (χ1) is 21.2. The molecule has 0 spiro atoms. The summed E-state index contributed by atoms with van der Waals surface area (Å²) in [5.74, 6) is 0.551. The van der Waals surface area contributed by atoms with Crippen molar-refractivity contribution in [2.75, 3.05) is 7.11 Å². The molecule has 1 atom stereocenters. The van der Waals surface area contributed by atoms with Gasteiger partial charge in [0.15, 0.2) is 11.5 Å². The Hall–Kier alpha value is -5.20. The smallest absolute Gasteiger partial charge is 0.379 e. The third-order valence-electron chi connectivity index (χ3n) is 7.52. The van der Waals surface area contributed by atoms with E-state index < -0.39 is 11.9 Å². The molecule has 9 heteroatoms. The molecule has 0 amide bonds. The van der Waals surface area contributed by atoms with Crippen molar-refractivity contribution in [2.45, 2.75) is 26.4 Å². The molecule has 6 rings (SSSR count). The quantitative estimate of drug-likeness (QED) is 0.140. The first-order valence-corrected chi connectivity index (χ1v) is 14.5. The van der Waals surface area contributed by atoms with Crippen LogP contribution in [0.15, 0.2) is 99.2 Å². The van der Waals surface area contributed by atoms with Gasteiger partial charge < -0.3 is 29.1 Å². The van der Waals surface area contributed by atoms with Gasteiger partial charge in [-0.05, 0) is 61.4 Å². The molecule has 8 nitrogen and oxygen atoms in total. The highest BCUT2D eigenvalue weighted by molar-refractivity contribution is 9.10. The maximum Gasteiger partial charge on any atom is 0.379 e. The molecule has 44 heavy (non-hydrogen) atoms. The SMILES string of the molecule is COc1cc(C2C(C#N)=C(N)Oc3cc(OC(=O)c4oc5ccc(Br)cc5c4C)ccc32)ccc1OCc1ccc(C)cc1. The lowest BCUT2D eigenvalue weighted by Crippen LogP contribution is -2.21. The van der Waals surface area contributed by atoms with Crippen molar-refractivity contribution in [3.63, 3.8) is 0 Å². The zero-order valence-corrected chi connectivity index (χ0v) is 25.7. The summed E-state index contributed by atoms with van der Waals surface area (Å²) in [7, 11) is 1.56. The zero-order valence-electron chi connectivity index (χ0n) is 24.1. The summed E-state index contributed by atoms with van der Waals surface area (Å²) in [6.07, 6.45) is 0. The van der Waals surface area contributed by atoms with E-state index in [0.29, 0.717) is 40.6 Å². The van der Waals surface area contributed by atoms with Crippen molar-refractivity contribution < 1.29 is 28.2 Å². The van der Waals surface area contributed by atoms with Crippen LogP contribution in [0.2, 0.25) is 0 Å². The molecule has 0 aliphatic carbocycles. The minimum absolute atomic E-state index is 0.0363. The topological polar surface area (TPSA) is 117 Å². The molecule has 2 N–H and O–H groups in total. The number of fused-ring (bicyclic) bond motifs is 2. The molecule has 1 aromatic heterocycles. The average molecular weight is 652 g/mol. The fraction of sp³-hybridized carbons (Fsp3) is 0.143. The molecule has 5 aromatic rings. The van der Waals surface area contributed by atoms with E-state index in [1.165, 1.54) is 5.56 Å². The lowest BCUT2D eigenvalue weighted by Gasteiger charge is -2.27. The summed E-state index contributed by atoms with van der Waals surface area (Å²) in [6, 6.07) is 26.3. The van der Waals surface area contributed by atoms with Gasteiger partial charge in [-0.1, -0.05) is 57.9 Å². The number of methoxy groups -OCH3 is 1. The number of hydrogen-bond donors (Lipinski definition) is 1. The number of hydrogen-bond acceptors (Lipinski definition) is 8. The fourth-order valence-electron chi connectivity index (χ4n) is 5.21. The van der Waals surface area contributed by atoms with Crippen molar-refractivity contribution in [1.29, 1.82) is 5.26 Å². The monoisotopic (exact) mass is 650 g/mol. The number of furan rings is 1. The van der Waals surface area contributed by atoms with Crippen molar-refractivity contribution in [2.24, 2.45) is 5.73 Å². The van der Waals surface area contributed by atoms with Crippen LogP contribution in [0.1, 0.15) is 44.3 Å². The van der Waals surface area contributed by atoms with Gasteiger partial charge in [-0.2, -0.15) is 5.26 Å². The number of nitrogens with zero attached hydrogens (tertiary/aromatic N) is 1. The number of carbonyl (C=O) groups excluding carboxylic acids is 1. The van der Waals surface area contributed by atoms with E-state index in [2.05, 4.69) is 22.0 Å². The van der Waals surface area contributed by atoms with Crippen molar-refractivity contribution in [3.8, 4) is 29.1 Å². The van der Waals surface area contributed by atoms with Crippen LogP contribution in [0.4, 0.5) is 0 Å². The van der Waals surface area contributed by atoms with Crippen LogP contribution in [0, 0.1) is 25.2 Å². The molecule has 2 heterocycles. The van der Waals surface area contributed by atoms with Crippen molar-refractivity contribution in [1.82, 2.24) is 0 Å². The van der Waals surface area contributed by atoms with Crippen molar-refractivity contribution in [3.05, 3.63) is 128 Å². The van der Waals surface area contributed by atoms with Gasteiger partial charge in [-0.25, -0.2) is 4.79 Å². The summed E-state index contributed by atoms with van der Waals surface area (Å²) < 4.78 is 29.9. The molecule has 1 aliphatic heterocycles. The first kappa shape index (κ1) is 28.9. The van der Waals surface area contributed by atoms with Gasteiger partial charge in [-0.15, -0.1) is 0 Å². The Morgan fingerprint density at radius 3 is 2.55 bits per heavy atom. The van der Waals surface area contributed by atoms with Crippen molar-refractivity contribution >= 4 is 32.9 Å². The second-order valence-corrected chi connectivity index (χ2v) is 11.3. The fourth-order valence-corrected chi connectivity index (χ4v) is 5.57. The lowest BCUT2D eigenvalue weighted by atomic mass is 9.83. The Balaban J connectivity index is 1.28. The number of nitriles is 1. The molecule has 1 aliphatic rings. The van der Waals surface area contributed by atoms with E-state index in [4.69, 9.17) is 29.1 Å². The van der Waals surface area contributed by atoms with Crippen LogP contribution in [0.25, 0.3) is 11.0 Å². The predicted molar refractivity (Wildman–Crippen MR) is 168 cm³/mol. The van der Waals surface area contributed by atoms with Gasteiger partial charge in [0.05, 0.1) is 13.0 Å².